The second kappa shape index (κ2) is 5.68. The Morgan fingerprint density at radius 2 is 1.67 bits per heavy atom. The standard InChI is InChI=1S/C14H28N4O2S/c1-10(9-13(2,3)4)8-11-16-17-12(21(15,19)20)18(11)14(5,6)7/h10H,8-9H2,1-7H3,(H2,15,19,20). The van der Waals surface area contributed by atoms with Gasteiger partial charge in [0.25, 0.3) is 15.2 Å². The van der Waals surface area contributed by atoms with Gasteiger partial charge in [0, 0.05) is 12.0 Å². The summed E-state index contributed by atoms with van der Waals surface area (Å²) in [6.07, 6.45) is 1.70. The van der Waals surface area contributed by atoms with Gasteiger partial charge in [0.1, 0.15) is 5.82 Å². The molecule has 0 saturated carbocycles. The lowest BCUT2D eigenvalue weighted by atomic mass is 9.84. The van der Waals surface area contributed by atoms with Crippen molar-refractivity contribution >= 4 is 10.0 Å². The van der Waals surface area contributed by atoms with Gasteiger partial charge in [-0.2, -0.15) is 0 Å². The molecule has 1 atom stereocenters. The van der Waals surface area contributed by atoms with E-state index in [4.69, 9.17) is 5.14 Å². The summed E-state index contributed by atoms with van der Waals surface area (Å²) < 4.78 is 25.0. The minimum atomic E-state index is -3.88. The third-order valence-corrected chi connectivity index (χ3v) is 3.89. The number of rotatable bonds is 4. The first kappa shape index (κ1) is 18.1. The Balaban J connectivity index is 3.18. The van der Waals surface area contributed by atoms with Crippen LogP contribution in [-0.2, 0) is 22.0 Å². The summed E-state index contributed by atoms with van der Waals surface area (Å²) in [5, 5.41) is 13.0. The molecular weight excluding hydrogens is 288 g/mol. The Bertz CT molecular complexity index is 591. The summed E-state index contributed by atoms with van der Waals surface area (Å²) in [6, 6.07) is 0. The summed E-state index contributed by atoms with van der Waals surface area (Å²) in [6.45, 7) is 14.5. The van der Waals surface area contributed by atoms with Gasteiger partial charge in [0.2, 0.25) is 0 Å². The summed E-state index contributed by atoms with van der Waals surface area (Å²) in [4.78, 5) is 0. The van der Waals surface area contributed by atoms with Crippen LogP contribution in [0.25, 0.3) is 0 Å². The molecule has 1 heterocycles. The van der Waals surface area contributed by atoms with Crippen LogP contribution in [0.5, 0.6) is 0 Å². The minimum absolute atomic E-state index is 0.159. The molecule has 0 spiro atoms. The van der Waals surface area contributed by atoms with Crippen LogP contribution in [0, 0.1) is 11.3 Å². The fourth-order valence-corrected chi connectivity index (χ4v) is 3.51. The first-order chi connectivity index (χ1) is 9.22. The second-order valence-electron chi connectivity index (χ2n) is 8.02. The van der Waals surface area contributed by atoms with Gasteiger partial charge in [-0.3, -0.25) is 4.57 Å². The van der Waals surface area contributed by atoms with Crippen LogP contribution in [0.3, 0.4) is 0 Å². The molecule has 0 aromatic carbocycles. The van der Waals surface area contributed by atoms with Gasteiger partial charge < -0.3 is 0 Å². The summed E-state index contributed by atoms with van der Waals surface area (Å²) in [7, 11) is -3.88. The smallest absolute Gasteiger partial charge is 0.273 e. The number of hydrogen-bond acceptors (Lipinski definition) is 4. The van der Waals surface area contributed by atoms with Crippen molar-refractivity contribution < 1.29 is 8.42 Å². The lowest BCUT2D eigenvalue weighted by molar-refractivity contribution is 0.291. The number of sulfonamides is 1. The van der Waals surface area contributed by atoms with Crippen molar-refractivity contribution in [3.05, 3.63) is 5.82 Å². The third-order valence-electron chi connectivity index (χ3n) is 3.12. The molecule has 1 aromatic rings. The summed E-state index contributed by atoms with van der Waals surface area (Å²) in [5.74, 6) is 1.05. The van der Waals surface area contributed by atoms with E-state index in [1.165, 1.54) is 0 Å². The fraction of sp³-hybridized carbons (Fsp3) is 0.857. The zero-order valence-electron chi connectivity index (χ0n) is 14.1. The Kier molecular flexibility index (Phi) is 4.90. The third kappa shape index (κ3) is 5.07. The second-order valence-corrected chi connectivity index (χ2v) is 9.48. The monoisotopic (exact) mass is 316 g/mol. The molecule has 0 amide bonds. The van der Waals surface area contributed by atoms with E-state index in [1.54, 1.807) is 4.57 Å². The Labute approximate surface area is 128 Å². The van der Waals surface area contributed by atoms with Crippen molar-refractivity contribution in [2.45, 2.75) is 72.0 Å². The molecule has 122 valence electrons. The van der Waals surface area contributed by atoms with Crippen molar-refractivity contribution in [1.82, 2.24) is 14.8 Å². The number of nitrogens with zero attached hydrogens (tertiary/aromatic N) is 3. The maximum Gasteiger partial charge on any atom is 0.273 e. The molecular formula is C14H28N4O2S. The van der Waals surface area contributed by atoms with E-state index in [0.717, 1.165) is 6.42 Å². The molecule has 1 aromatic heterocycles. The van der Waals surface area contributed by atoms with Crippen LogP contribution in [0.15, 0.2) is 5.16 Å². The van der Waals surface area contributed by atoms with Crippen LogP contribution < -0.4 is 5.14 Å². The Morgan fingerprint density at radius 1 is 1.14 bits per heavy atom. The van der Waals surface area contributed by atoms with Gasteiger partial charge >= 0.3 is 0 Å². The Hall–Kier alpha value is -0.950. The molecule has 0 aliphatic carbocycles. The molecule has 7 heteroatoms. The molecule has 0 bridgehead atoms. The predicted molar refractivity (Wildman–Crippen MR) is 83.3 cm³/mol. The van der Waals surface area contributed by atoms with E-state index in [-0.39, 0.29) is 10.6 Å². The highest BCUT2D eigenvalue weighted by Crippen LogP contribution is 2.28. The Morgan fingerprint density at radius 3 is 2.05 bits per heavy atom. The van der Waals surface area contributed by atoms with Crippen LogP contribution in [0.1, 0.15) is 60.7 Å². The van der Waals surface area contributed by atoms with Gasteiger partial charge in [-0.15, -0.1) is 10.2 Å². The topological polar surface area (TPSA) is 90.9 Å². The fourth-order valence-electron chi connectivity index (χ4n) is 2.72. The van der Waals surface area contributed by atoms with Gasteiger partial charge in [0.15, 0.2) is 0 Å². The molecule has 2 N–H and O–H groups in total. The van der Waals surface area contributed by atoms with E-state index in [9.17, 15) is 8.42 Å². The van der Waals surface area contributed by atoms with Crippen molar-refractivity contribution in [1.29, 1.82) is 0 Å². The highest BCUT2D eigenvalue weighted by Gasteiger charge is 2.29. The quantitative estimate of drug-likeness (QED) is 0.922. The van der Waals surface area contributed by atoms with E-state index in [2.05, 4.69) is 37.9 Å². The van der Waals surface area contributed by atoms with Crippen molar-refractivity contribution in [3.63, 3.8) is 0 Å². The first-order valence-corrected chi connectivity index (χ1v) is 8.74. The molecule has 1 rings (SSSR count). The van der Waals surface area contributed by atoms with Crippen LogP contribution >= 0.6 is 0 Å². The average molecular weight is 316 g/mol. The van der Waals surface area contributed by atoms with E-state index in [0.29, 0.717) is 18.2 Å². The molecule has 0 saturated heterocycles. The predicted octanol–water partition coefficient (Wildman–Crippen LogP) is 2.30. The molecule has 21 heavy (non-hydrogen) atoms. The lowest BCUT2D eigenvalue weighted by Gasteiger charge is -2.27. The molecule has 0 fully saturated rings. The van der Waals surface area contributed by atoms with Crippen molar-refractivity contribution in [3.8, 4) is 0 Å². The van der Waals surface area contributed by atoms with Crippen LogP contribution in [0.4, 0.5) is 0 Å². The summed E-state index contributed by atoms with van der Waals surface area (Å²) >= 11 is 0. The lowest BCUT2D eigenvalue weighted by Crippen LogP contribution is -2.30. The van der Waals surface area contributed by atoms with Gasteiger partial charge in [-0.1, -0.05) is 27.7 Å². The van der Waals surface area contributed by atoms with E-state index >= 15 is 0 Å². The largest absolute Gasteiger partial charge is 0.295 e. The molecule has 6 nitrogen and oxygen atoms in total. The highest BCUT2D eigenvalue weighted by atomic mass is 32.2. The zero-order valence-corrected chi connectivity index (χ0v) is 15.0. The normalized spacial score (nSPS) is 15.2. The van der Waals surface area contributed by atoms with E-state index < -0.39 is 15.6 Å². The number of aromatic nitrogens is 3. The minimum Gasteiger partial charge on any atom is -0.295 e. The molecule has 0 aliphatic heterocycles. The molecule has 0 radical (unpaired) electrons. The highest BCUT2D eigenvalue weighted by molar-refractivity contribution is 7.89. The van der Waals surface area contributed by atoms with Gasteiger partial charge in [-0.25, -0.2) is 13.6 Å². The zero-order chi connectivity index (χ0) is 16.6. The van der Waals surface area contributed by atoms with Crippen LogP contribution in [0.2, 0.25) is 0 Å². The van der Waals surface area contributed by atoms with Gasteiger partial charge in [0.05, 0.1) is 0 Å². The molecule has 0 aliphatic rings. The maximum absolute atomic E-state index is 11.7. The first-order valence-electron chi connectivity index (χ1n) is 7.19. The van der Waals surface area contributed by atoms with Crippen molar-refractivity contribution in [2.75, 3.05) is 0 Å². The van der Waals surface area contributed by atoms with Crippen LogP contribution in [-0.4, -0.2) is 23.2 Å². The average Bonchev–Trinajstić information content (AvgIpc) is 2.56. The summed E-state index contributed by atoms with van der Waals surface area (Å²) in [5.41, 5.74) is -0.225. The van der Waals surface area contributed by atoms with Crippen molar-refractivity contribution in [2.24, 2.45) is 16.5 Å². The maximum atomic E-state index is 11.7. The molecule has 1 unspecified atom stereocenters. The SMILES string of the molecule is CC(Cc1nnc(S(N)(=O)=O)n1C(C)(C)C)CC(C)(C)C. The van der Waals surface area contributed by atoms with Gasteiger partial charge in [-0.05, 0) is 38.5 Å². The van der Waals surface area contributed by atoms with E-state index in [1.807, 2.05) is 20.8 Å². The number of hydrogen-bond donors (Lipinski definition) is 1. The number of nitrogens with two attached hydrogens (primary N) is 1. The number of primary sulfonamides is 1.